The van der Waals surface area contributed by atoms with Crippen LogP contribution in [-0.2, 0) is 0 Å². The maximum atomic E-state index is 12.9. The second-order valence-corrected chi connectivity index (χ2v) is 2.90. The van der Waals surface area contributed by atoms with Crippen LogP contribution in [0.3, 0.4) is 0 Å². The molecule has 0 aliphatic carbocycles. The number of benzene rings is 1. The van der Waals surface area contributed by atoms with Crippen molar-refractivity contribution in [2.45, 2.75) is 0 Å². The predicted molar refractivity (Wildman–Crippen MR) is 46.9 cm³/mol. The number of hydrogen-bond acceptors (Lipinski definition) is 1. The Bertz CT molecular complexity index is 346. The summed E-state index contributed by atoms with van der Waals surface area (Å²) in [6, 6.07) is 2.57. The van der Waals surface area contributed by atoms with Crippen molar-refractivity contribution in [2.75, 3.05) is 7.11 Å². The molecule has 0 amide bonds. The average Bonchev–Trinajstić information content (AvgIpc) is 2.05. The molecule has 0 aliphatic heterocycles. The van der Waals surface area contributed by atoms with Crippen molar-refractivity contribution in [1.29, 1.82) is 0 Å². The largest absolute Gasteiger partial charge is 0.497 e. The lowest BCUT2D eigenvalue weighted by Crippen LogP contribution is -1.85. The molecule has 1 rings (SSSR count). The van der Waals surface area contributed by atoms with Crippen LogP contribution in [0, 0.1) is 12.4 Å². The van der Waals surface area contributed by atoms with Crippen LogP contribution in [0.1, 0.15) is 0 Å². The summed E-state index contributed by atoms with van der Waals surface area (Å²) < 4.78 is 18.3. The molecule has 1 aromatic rings. The lowest BCUT2D eigenvalue weighted by Gasteiger charge is -2.03. The van der Waals surface area contributed by atoms with Crippen molar-refractivity contribution in [2.24, 2.45) is 0 Å². The van der Waals surface area contributed by atoms with Crippen molar-refractivity contribution in [3.05, 3.63) is 33.8 Å². The first-order valence-corrected chi connectivity index (χ1v) is 3.89. The van der Waals surface area contributed by atoms with Gasteiger partial charge in [0.05, 0.1) is 18.2 Å². The standard InChI is InChI=1S/C8H5BrFNO/c1-11-7-4-8(12-2)5(9)3-6(7)10/h3-4H,2H3. The Labute approximate surface area is 77.9 Å². The Morgan fingerprint density at radius 3 is 2.75 bits per heavy atom. The van der Waals surface area contributed by atoms with Crippen molar-refractivity contribution >= 4 is 21.6 Å². The molecule has 0 spiro atoms. The lowest BCUT2D eigenvalue weighted by molar-refractivity contribution is 0.411. The van der Waals surface area contributed by atoms with Crippen LogP contribution in [-0.4, -0.2) is 7.11 Å². The Kier molecular flexibility index (Phi) is 2.66. The van der Waals surface area contributed by atoms with Crippen LogP contribution in [0.2, 0.25) is 0 Å². The zero-order valence-corrected chi connectivity index (χ0v) is 7.85. The van der Waals surface area contributed by atoms with E-state index < -0.39 is 5.82 Å². The Hall–Kier alpha value is -1.08. The summed E-state index contributed by atoms with van der Waals surface area (Å²) in [4.78, 5) is 2.99. The molecule has 12 heavy (non-hydrogen) atoms. The van der Waals surface area contributed by atoms with Gasteiger partial charge in [-0.1, -0.05) is 0 Å². The molecule has 0 saturated heterocycles. The normalized spacial score (nSPS) is 9.17. The van der Waals surface area contributed by atoms with Crippen LogP contribution in [0.5, 0.6) is 5.75 Å². The summed E-state index contributed by atoms with van der Waals surface area (Å²) in [6.45, 7) is 6.64. The fraction of sp³-hybridized carbons (Fsp3) is 0.125. The van der Waals surface area contributed by atoms with E-state index in [1.54, 1.807) is 0 Å². The van der Waals surface area contributed by atoms with E-state index in [2.05, 4.69) is 20.8 Å². The van der Waals surface area contributed by atoms with Gasteiger partial charge in [0.25, 0.3) is 0 Å². The van der Waals surface area contributed by atoms with E-state index in [-0.39, 0.29) is 5.69 Å². The number of methoxy groups -OCH3 is 1. The van der Waals surface area contributed by atoms with Gasteiger partial charge in [-0.15, -0.1) is 0 Å². The van der Waals surface area contributed by atoms with Gasteiger partial charge in [-0.25, -0.2) is 9.24 Å². The summed E-state index contributed by atoms with van der Waals surface area (Å²) in [7, 11) is 1.46. The van der Waals surface area contributed by atoms with Gasteiger partial charge in [-0.2, -0.15) is 0 Å². The molecule has 4 heteroatoms. The number of nitrogens with zero attached hydrogens (tertiary/aromatic N) is 1. The van der Waals surface area contributed by atoms with Crippen molar-refractivity contribution < 1.29 is 9.13 Å². The summed E-state index contributed by atoms with van der Waals surface area (Å²) >= 11 is 3.10. The highest BCUT2D eigenvalue weighted by Crippen LogP contribution is 2.31. The molecule has 0 radical (unpaired) electrons. The van der Waals surface area contributed by atoms with E-state index in [0.29, 0.717) is 10.2 Å². The lowest BCUT2D eigenvalue weighted by atomic mass is 10.3. The maximum Gasteiger partial charge on any atom is 0.225 e. The SMILES string of the molecule is [C-]#[N+]c1cc(OC)c(Br)cc1F. The van der Waals surface area contributed by atoms with Crippen LogP contribution in [0.4, 0.5) is 10.1 Å². The van der Waals surface area contributed by atoms with Gasteiger partial charge in [-0.3, -0.25) is 0 Å². The molecule has 0 fully saturated rings. The molecule has 0 aromatic heterocycles. The van der Waals surface area contributed by atoms with E-state index >= 15 is 0 Å². The molecule has 0 aliphatic rings. The predicted octanol–water partition coefficient (Wildman–Crippen LogP) is 3.15. The van der Waals surface area contributed by atoms with Crippen molar-refractivity contribution in [3.63, 3.8) is 0 Å². The molecule has 0 atom stereocenters. The third-order valence-electron chi connectivity index (χ3n) is 1.34. The molecule has 62 valence electrons. The van der Waals surface area contributed by atoms with E-state index in [4.69, 9.17) is 11.3 Å². The third-order valence-corrected chi connectivity index (χ3v) is 1.96. The third kappa shape index (κ3) is 1.56. The smallest absolute Gasteiger partial charge is 0.225 e. The first kappa shape index (κ1) is 9.01. The van der Waals surface area contributed by atoms with Gasteiger partial charge in [0.2, 0.25) is 5.69 Å². The molecular weight excluding hydrogens is 225 g/mol. The van der Waals surface area contributed by atoms with Gasteiger partial charge in [0, 0.05) is 0 Å². The Morgan fingerprint density at radius 2 is 2.25 bits per heavy atom. The number of rotatable bonds is 1. The number of hydrogen-bond donors (Lipinski definition) is 0. The van der Waals surface area contributed by atoms with Crippen LogP contribution in [0.15, 0.2) is 16.6 Å². The Morgan fingerprint density at radius 1 is 1.58 bits per heavy atom. The molecule has 0 N–H and O–H groups in total. The number of ether oxygens (including phenoxy) is 1. The molecule has 1 aromatic carbocycles. The van der Waals surface area contributed by atoms with E-state index in [9.17, 15) is 4.39 Å². The van der Waals surface area contributed by atoms with E-state index in [1.807, 2.05) is 0 Å². The summed E-state index contributed by atoms with van der Waals surface area (Å²) in [5.74, 6) is -0.0833. The molecular formula is C8H5BrFNO. The second kappa shape index (κ2) is 3.55. The fourth-order valence-electron chi connectivity index (χ4n) is 0.760. The minimum atomic E-state index is -0.544. The first-order valence-electron chi connectivity index (χ1n) is 3.09. The highest BCUT2D eigenvalue weighted by atomic mass is 79.9. The van der Waals surface area contributed by atoms with Crippen molar-refractivity contribution in [3.8, 4) is 5.75 Å². The van der Waals surface area contributed by atoms with Crippen LogP contribution < -0.4 is 4.74 Å². The summed E-state index contributed by atoms with van der Waals surface area (Å²) in [6.07, 6.45) is 0. The zero-order valence-electron chi connectivity index (χ0n) is 6.27. The van der Waals surface area contributed by atoms with Crippen LogP contribution >= 0.6 is 15.9 Å². The molecule has 0 bridgehead atoms. The molecule has 0 unspecified atom stereocenters. The zero-order chi connectivity index (χ0) is 9.14. The van der Waals surface area contributed by atoms with Gasteiger partial charge in [0.15, 0.2) is 0 Å². The van der Waals surface area contributed by atoms with Gasteiger partial charge < -0.3 is 4.74 Å². The minimum Gasteiger partial charge on any atom is -0.497 e. The number of halogens is 2. The summed E-state index contributed by atoms with van der Waals surface area (Å²) in [5.41, 5.74) is -0.0324. The van der Waals surface area contributed by atoms with E-state index in [1.165, 1.54) is 19.2 Å². The van der Waals surface area contributed by atoms with Gasteiger partial charge >= 0.3 is 0 Å². The minimum absolute atomic E-state index is 0.0324. The highest BCUT2D eigenvalue weighted by molar-refractivity contribution is 9.10. The van der Waals surface area contributed by atoms with Gasteiger partial charge in [0.1, 0.15) is 11.6 Å². The maximum absolute atomic E-state index is 12.9. The Balaban J connectivity index is 3.30. The topological polar surface area (TPSA) is 13.6 Å². The monoisotopic (exact) mass is 229 g/mol. The summed E-state index contributed by atoms with van der Waals surface area (Å²) in [5, 5.41) is 0. The molecule has 2 nitrogen and oxygen atoms in total. The second-order valence-electron chi connectivity index (χ2n) is 2.05. The van der Waals surface area contributed by atoms with E-state index in [0.717, 1.165) is 0 Å². The van der Waals surface area contributed by atoms with Crippen LogP contribution in [0.25, 0.3) is 4.85 Å². The molecule has 0 saturated carbocycles. The van der Waals surface area contributed by atoms with Crippen molar-refractivity contribution in [1.82, 2.24) is 0 Å². The average molecular weight is 230 g/mol. The quantitative estimate of drug-likeness (QED) is 0.675. The first-order chi connectivity index (χ1) is 5.69. The molecule has 0 heterocycles. The van der Waals surface area contributed by atoms with Gasteiger partial charge in [-0.05, 0) is 28.1 Å². The highest BCUT2D eigenvalue weighted by Gasteiger charge is 2.07. The fourth-order valence-corrected chi connectivity index (χ4v) is 1.24.